The first-order valence-corrected chi connectivity index (χ1v) is 5.00. The van der Waals surface area contributed by atoms with Gasteiger partial charge in [-0.1, -0.05) is 20.8 Å². The van der Waals surface area contributed by atoms with Crippen LogP contribution in [0.1, 0.15) is 40.5 Å². The lowest BCUT2D eigenvalue weighted by Crippen LogP contribution is -2.46. The van der Waals surface area contributed by atoms with Crippen molar-refractivity contribution in [2.45, 2.75) is 52.8 Å². The minimum absolute atomic E-state index is 0.292. The molecule has 0 aliphatic carbocycles. The van der Waals surface area contributed by atoms with Gasteiger partial charge in [-0.2, -0.15) is 0 Å². The molecule has 2 unspecified atom stereocenters. The fourth-order valence-corrected chi connectivity index (χ4v) is 1.06. The first-order valence-electron chi connectivity index (χ1n) is 5.00. The van der Waals surface area contributed by atoms with Gasteiger partial charge in [-0.3, -0.25) is 5.32 Å². The highest BCUT2D eigenvalue weighted by Crippen LogP contribution is 2.19. The summed E-state index contributed by atoms with van der Waals surface area (Å²) in [6.45, 7) is 9.25. The van der Waals surface area contributed by atoms with Crippen molar-refractivity contribution in [3.05, 3.63) is 0 Å². The number of hydrogen-bond donors (Lipinski definition) is 3. The average Bonchev–Trinajstić information content (AvgIpc) is 1.95. The van der Waals surface area contributed by atoms with Gasteiger partial charge in [0.05, 0.1) is 12.3 Å². The van der Waals surface area contributed by atoms with Crippen LogP contribution in [-0.4, -0.2) is 23.9 Å². The molecule has 3 nitrogen and oxygen atoms in total. The van der Waals surface area contributed by atoms with Crippen LogP contribution in [-0.2, 0) is 0 Å². The van der Waals surface area contributed by atoms with E-state index in [1.807, 2.05) is 0 Å². The summed E-state index contributed by atoms with van der Waals surface area (Å²) in [4.78, 5) is 0. The highest BCUT2D eigenvalue weighted by molar-refractivity contribution is 4.67. The predicted octanol–water partition coefficient (Wildman–Crippen LogP) is 1.07. The van der Waals surface area contributed by atoms with Crippen LogP contribution in [0, 0.1) is 5.41 Å². The van der Waals surface area contributed by atoms with Crippen molar-refractivity contribution in [1.29, 1.82) is 0 Å². The Morgan fingerprint density at radius 3 is 2.31 bits per heavy atom. The minimum atomic E-state index is -0.477. The summed E-state index contributed by atoms with van der Waals surface area (Å²) in [6, 6.07) is 0. The van der Waals surface area contributed by atoms with Crippen molar-refractivity contribution < 1.29 is 5.11 Å². The zero-order chi connectivity index (χ0) is 10.5. The van der Waals surface area contributed by atoms with E-state index in [9.17, 15) is 0 Å². The molecule has 0 fully saturated rings. The summed E-state index contributed by atoms with van der Waals surface area (Å²) < 4.78 is 0. The van der Waals surface area contributed by atoms with Gasteiger partial charge in [0.15, 0.2) is 0 Å². The van der Waals surface area contributed by atoms with E-state index in [0.717, 1.165) is 13.0 Å². The Bertz CT molecular complexity index is 129. The van der Waals surface area contributed by atoms with Crippen molar-refractivity contribution >= 4 is 0 Å². The molecule has 0 aliphatic heterocycles. The van der Waals surface area contributed by atoms with Crippen LogP contribution in [0.4, 0.5) is 0 Å². The number of aliphatic hydroxyl groups is 1. The van der Waals surface area contributed by atoms with E-state index >= 15 is 0 Å². The Morgan fingerprint density at radius 1 is 1.38 bits per heavy atom. The second-order valence-electron chi connectivity index (χ2n) is 4.88. The molecule has 0 saturated carbocycles. The summed E-state index contributed by atoms with van der Waals surface area (Å²) in [7, 11) is 0. The molecule has 0 aromatic rings. The van der Waals surface area contributed by atoms with E-state index in [2.05, 4.69) is 26.1 Å². The summed E-state index contributed by atoms with van der Waals surface area (Å²) in [6.07, 6.45) is 1.51. The summed E-state index contributed by atoms with van der Waals surface area (Å²) in [5, 5.41) is 12.2. The van der Waals surface area contributed by atoms with Crippen LogP contribution < -0.4 is 11.1 Å². The lowest BCUT2D eigenvalue weighted by atomic mass is 9.91. The van der Waals surface area contributed by atoms with Crippen LogP contribution in [0.2, 0.25) is 0 Å². The standard InChI is InChI=1S/C10H24N2O/c1-8(13)9(11)12-7-5-6-10(2,3)4/h8-9,12-13H,5-7,11H2,1-4H3. The van der Waals surface area contributed by atoms with Crippen LogP contribution in [0.15, 0.2) is 0 Å². The zero-order valence-corrected chi connectivity index (χ0v) is 9.30. The van der Waals surface area contributed by atoms with Gasteiger partial charge in [0.2, 0.25) is 0 Å². The molecule has 0 aromatic heterocycles. The fourth-order valence-electron chi connectivity index (χ4n) is 1.06. The van der Waals surface area contributed by atoms with Crippen molar-refractivity contribution in [3.63, 3.8) is 0 Å². The van der Waals surface area contributed by atoms with E-state index in [-0.39, 0.29) is 6.17 Å². The third-order valence-electron chi connectivity index (χ3n) is 2.00. The molecule has 0 radical (unpaired) electrons. The second-order valence-corrected chi connectivity index (χ2v) is 4.88. The molecule has 13 heavy (non-hydrogen) atoms. The zero-order valence-electron chi connectivity index (χ0n) is 9.30. The first-order chi connectivity index (χ1) is 5.83. The number of rotatable bonds is 5. The van der Waals surface area contributed by atoms with E-state index in [1.54, 1.807) is 6.92 Å². The molecule has 0 bridgehead atoms. The molecule has 0 saturated heterocycles. The lowest BCUT2D eigenvalue weighted by molar-refractivity contribution is 0.147. The van der Waals surface area contributed by atoms with Crippen molar-refractivity contribution in [2.75, 3.05) is 6.54 Å². The average molecular weight is 188 g/mol. The Balaban J connectivity index is 3.36. The normalized spacial score (nSPS) is 17.1. The van der Waals surface area contributed by atoms with E-state index in [4.69, 9.17) is 10.8 Å². The van der Waals surface area contributed by atoms with Gasteiger partial charge >= 0.3 is 0 Å². The third kappa shape index (κ3) is 8.22. The summed E-state index contributed by atoms with van der Waals surface area (Å²) >= 11 is 0. The molecule has 0 rings (SSSR count). The van der Waals surface area contributed by atoms with Crippen molar-refractivity contribution in [3.8, 4) is 0 Å². The molecular weight excluding hydrogens is 164 g/mol. The molecule has 0 heterocycles. The number of nitrogens with two attached hydrogens (primary N) is 1. The molecule has 0 amide bonds. The molecule has 4 N–H and O–H groups in total. The number of hydrogen-bond acceptors (Lipinski definition) is 3. The maximum absolute atomic E-state index is 9.09. The third-order valence-corrected chi connectivity index (χ3v) is 2.00. The van der Waals surface area contributed by atoms with Gasteiger partial charge in [-0.25, -0.2) is 0 Å². The first kappa shape index (κ1) is 12.9. The van der Waals surface area contributed by atoms with Gasteiger partial charge in [0.25, 0.3) is 0 Å². The monoisotopic (exact) mass is 188 g/mol. The molecule has 80 valence electrons. The van der Waals surface area contributed by atoms with Crippen LogP contribution >= 0.6 is 0 Å². The number of aliphatic hydroxyl groups excluding tert-OH is 1. The van der Waals surface area contributed by atoms with Crippen LogP contribution in [0.3, 0.4) is 0 Å². The van der Waals surface area contributed by atoms with E-state index in [0.29, 0.717) is 5.41 Å². The quantitative estimate of drug-likeness (QED) is 0.447. The maximum Gasteiger partial charge on any atom is 0.0811 e. The Kier molecular flexibility index (Phi) is 5.53. The Labute approximate surface area is 81.7 Å². The second kappa shape index (κ2) is 5.58. The van der Waals surface area contributed by atoms with Gasteiger partial charge in [-0.15, -0.1) is 0 Å². The SMILES string of the molecule is CC(O)C(N)NCCCC(C)(C)C. The minimum Gasteiger partial charge on any atom is -0.390 e. The van der Waals surface area contributed by atoms with Gasteiger partial charge in [0.1, 0.15) is 0 Å². The topological polar surface area (TPSA) is 58.3 Å². The van der Waals surface area contributed by atoms with Gasteiger partial charge in [-0.05, 0) is 31.7 Å². The highest BCUT2D eigenvalue weighted by atomic mass is 16.3. The van der Waals surface area contributed by atoms with E-state index < -0.39 is 6.10 Å². The van der Waals surface area contributed by atoms with Crippen molar-refractivity contribution in [2.24, 2.45) is 11.1 Å². The van der Waals surface area contributed by atoms with Crippen molar-refractivity contribution in [1.82, 2.24) is 5.32 Å². The number of nitrogens with one attached hydrogen (secondary N) is 1. The lowest BCUT2D eigenvalue weighted by Gasteiger charge is -2.20. The Hall–Kier alpha value is -0.120. The smallest absolute Gasteiger partial charge is 0.0811 e. The fraction of sp³-hybridized carbons (Fsp3) is 1.00. The summed E-state index contributed by atoms with van der Waals surface area (Å²) in [5.41, 5.74) is 5.99. The van der Waals surface area contributed by atoms with Crippen LogP contribution in [0.25, 0.3) is 0 Å². The molecular formula is C10H24N2O. The highest BCUT2D eigenvalue weighted by Gasteiger charge is 2.11. The molecule has 0 aromatic carbocycles. The molecule has 3 heteroatoms. The van der Waals surface area contributed by atoms with Gasteiger partial charge < -0.3 is 10.8 Å². The Morgan fingerprint density at radius 2 is 1.92 bits per heavy atom. The molecule has 0 spiro atoms. The summed E-state index contributed by atoms with van der Waals surface area (Å²) in [5.74, 6) is 0. The van der Waals surface area contributed by atoms with Crippen LogP contribution in [0.5, 0.6) is 0 Å². The largest absolute Gasteiger partial charge is 0.390 e. The van der Waals surface area contributed by atoms with E-state index in [1.165, 1.54) is 6.42 Å². The molecule has 2 atom stereocenters. The predicted molar refractivity (Wildman–Crippen MR) is 56.3 cm³/mol. The maximum atomic E-state index is 9.09. The molecule has 0 aliphatic rings. The van der Waals surface area contributed by atoms with Gasteiger partial charge in [0, 0.05) is 0 Å².